The predicted octanol–water partition coefficient (Wildman–Crippen LogP) is 6.12. The molecular weight excluding hydrogens is 301 g/mol. The van der Waals surface area contributed by atoms with Crippen molar-refractivity contribution < 1.29 is 0 Å². The molecule has 0 spiro atoms. The Balaban J connectivity index is 4.56. The molecule has 0 aliphatic rings. The van der Waals surface area contributed by atoms with Crippen LogP contribution in [0.3, 0.4) is 0 Å². The van der Waals surface area contributed by atoms with Crippen LogP contribution < -0.4 is 0 Å². The summed E-state index contributed by atoms with van der Waals surface area (Å²) in [6, 6.07) is 0. The number of halogens is 5. The van der Waals surface area contributed by atoms with E-state index >= 15 is 0 Å². The fourth-order valence-corrected chi connectivity index (χ4v) is 12.9. The quantitative estimate of drug-likeness (QED) is 0.586. The topological polar surface area (TPSA) is 0 Å². The summed E-state index contributed by atoms with van der Waals surface area (Å²) in [5.74, 6) is 0.662. The first-order valence-corrected chi connectivity index (χ1v) is 11.0. The van der Waals surface area contributed by atoms with Gasteiger partial charge in [-0.05, 0) is 59.8 Å². The van der Waals surface area contributed by atoms with Gasteiger partial charge in [-0.25, -0.2) is 0 Å². The smallest absolute Gasteiger partial charge is 0.0705 e. The van der Waals surface area contributed by atoms with Crippen LogP contribution in [-0.4, -0.2) is 10.3 Å². The minimum Gasteiger partial charge on any atom is -0.0705 e. The standard InChI is InChI=1S/C5H11Cl5S2/c1-3-5(12(8,9)10)11(6,7)4-2/h5H,3-4H2,1-2H3. The Hall–Kier alpha value is 2.15. The van der Waals surface area contributed by atoms with Crippen molar-refractivity contribution in [1.29, 1.82) is 0 Å². The van der Waals surface area contributed by atoms with Crippen molar-refractivity contribution in [2.24, 2.45) is 0 Å². The molecule has 1 unspecified atom stereocenters. The van der Waals surface area contributed by atoms with E-state index in [1.54, 1.807) is 0 Å². The van der Waals surface area contributed by atoms with Gasteiger partial charge in [0.05, 0.1) is 4.58 Å². The van der Waals surface area contributed by atoms with Crippen molar-refractivity contribution in [3.8, 4) is 0 Å². The van der Waals surface area contributed by atoms with E-state index in [-0.39, 0.29) is 4.58 Å². The Bertz CT molecular complexity index is 143. The van der Waals surface area contributed by atoms with E-state index in [4.69, 9.17) is 53.4 Å². The second kappa shape index (κ2) is 5.29. The van der Waals surface area contributed by atoms with Gasteiger partial charge in [0.25, 0.3) is 0 Å². The molecule has 0 saturated carbocycles. The van der Waals surface area contributed by atoms with Crippen LogP contribution in [0.4, 0.5) is 0 Å². The Kier molecular flexibility index (Phi) is 6.24. The van der Waals surface area contributed by atoms with Crippen molar-refractivity contribution in [2.45, 2.75) is 24.9 Å². The molecule has 0 aliphatic heterocycles. The van der Waals surface area contributed by atoms with E-state index in [2.05, 4.69) is 0 Å². The van der Waals surface area contributed by atoms with Crippen molar-refractivity contribution in [2.75, 3.05) is 5.75 Å². The van der Waals surface area contributed by atoms with Gasteiger partial charge in [0.15, 0.2) is 0 Å². The van der Waals surface area contributed by atoms with Crippen LogP contribution in [0.2, 0.25) is 0 Å². The maximum Gasteiger partial charge on any atom is 0.0825 e. The molecule has 78 valence electrons. The highest BCUT2D eigenvalue weighted by Gasteiger charge is 2.38. The molecule has 0 heterocycles. The third kappa shape index (κ3) is 4.12. The zero-order chi connectivity index (χ0) is 9.99. The third-order valence-electron chi connectivity index (χ3n) is 1.40. The van der Waals surface area contributed by atoms with E-state index in [0.717, 1.165) is 0 Å². The molecule has 0 amide bonds. The second-order valence-electron chi connectivity index (χ2n) is 2.19. The lowest BCUT2D eigenvalue weighted by molar-refractivity contribution is 1.05. The molecular formula is C5H11Cl5S2. The van der Waals surface area contributed by atoms with Crippen molar-refractivity contribution >= 4 is 69.5 Å². The highest BCUT2D eigenvalue weighted by Crippen LogP contribution is 2.81. The number of hydrogen-bond acceptors (Lipinski definition) is 0. The lowest BCUT2D eigenvalue weighted by Gasteiger charge is -2.38. The Morgan fingerprint density at radius 2 is 1.42 bits per heavy atom. The largest absolute Gasteiger partial charge is 0.0825 e. The average molecular weight is 313 g/mol. The predicted molar refractivity (Wildman–Crippen MR) is 69.1 cm³/mol. The molecule has 0 saturated heterocycles. The SMILES string of the molecule is CCC(S(Cl)(Cl)Cl)S(Cl)(Cl)CC. The molecule has 0 rings (SSSR count). The van der Waals surface area contributed by atoms with Gasteiger partial charge >= 0.3 is 0 Å². The van der Waals surface area contributed by atoms with Crippen LogP contribution in [0.25, 0.3) is 0 Å². The summed E-state index contributed by atoms with van der Waals surface area (Å²) in [5, 5.41) is 0. The Labute approximate surface area is 99.4 Å². The summed E-state index contributed by atoms with van der Waals surface area (Å²) in [6.07, 6.45) is 0.710. The molecule has 0 N–H and O–H groups in total. The van der Waals surface area contributed by atoms with Crippen molar-refractivity contribution in [3.05, 3.63) is 0 Å². The normalized spacial score (nSPS) is 18.9. The van der Waals surface area contributed by atoms with E-state index in [9.17, 15) is 0 Å². The Morgan fingerprint density at radius 3 is 1.50 bits per heavy atom. The molecule has 0 nitrogen and oxygen atoms in total. The zero-order valence-corrected chi connectivity index (χ0v) is 12.1. The molecule has 0 aliphatic carbocycles. The summed E-state index contributed by atoms with van der Waals surface area (Å²) in [5.41, 5.74) is 0. The Morgan fingerprint density at radius 1 is 1.00 bits per heavy atom. The van der Waals surface area contributed by atoms with E-state index in [1.165, 1.54) is 0 Å². The molecule has 0 aromatic rings. The van der Waals surface area contributed by atoms with Gasteiger partial charge in [0.1, 0.15) is 0 Å². The van der Waals surface area contributed by atoms with Gasteiger partial charge in [-0.2, -0.15) is 0 Å². The lowest BCUT2D eigenvalue weighted by atomic mass is 10.6. The maximum absolute atomic E-state index is 6.09. The van der Waals surface area contributed by atoms with Gasteiger partial charge in [-0.15, -0.1) is 0 Å². The first kappa shape index (κ1) is 14.2. The van der Waals surface area contributed by atoms with Crippen molar-refractivity contribution in [1.82, 2.24) is 0 Å². The summed E-state index contributed by atoms with van der Waals surface area (Å²) in [7, 11) is 25.7. The summed E-state index contributed by atoms with van der Waals surface area (Å²) < 4.78 is -0.177. The second-order valence-corrected chi connectivity index (χ2v) is 15.9. The first-order valence-electron chi connectivity index (χ1n) is 3.35. The first-order chi connectivity index (χ1) is 5.25. The van der Waals surface area contributed by atoms with Crippen molar-refractivity contribution in [3.63, 3.8) is 0 Å². The molecule has 0 aromatic heterocycles. The highest BCUT2D eigenvalue weighted by molar-refractivity contribution is 8.86. The molecule has 0 radical (unpaired) electrons. The summed E-state index contributed by atoms with van der Waals surface area (Å²) in [4.78, 5) is 0. The average Bonchev–Trinajstić information content (AvgIpc) is 1.85. The van der Waals surface area contributed by atoms with E-state index in [1.807, 2.05) is 13.8 Å². The fraction of sp³-hybridized carbons (Fsp3) is 1.00. The minimum absolute atomic E-state index is 0.177. The number of hydrogen-bond donors (Lipinski definition) is 0. The van der Waals surface area contributed by atoms with Crippen LogP contribution in [0, 0.1) is 0 Å². The molecule has 0 fully saturated rings. The highest BCUT2D eigenvalue weighted by atomic mass is 36.2. The molecule has 0 bridgehead atoms. The summed E-state index contributed by atoms with van der Waals surface area (Å²) in [6.45, 7) is 3.84. The van der Waals surface area contributed by atoms with Gasteiger partial charge in [-0.3, -0.25) is 0 Å². The van der Waals surface area contributed by atoms with Gasteiger partial charge in [0.2, 0.25) is 0 Å². The van der Waals surface area contributed by atoms with Gasteiger partial charge in [-0.1, -0.05) is 22.3 Å². The molecule has 0 aromatic carbocycles. The minimum atomic E-state index is -2.19. The number of rotatable bonds is 4. The van der Waals surface area contributed by atoms with Crippen LogP contribution in [0.15, 0.2) is 0 Å². The van der Waals surface area contributed by atoms with E-state index < -0.39 is 16.1 Å². The van der Waals surface area contributed by atoms with Gasteiger partial charge < -0.3 is 0 Å². The summed E-state index contributed by atoms with van der Waals surface area (Å²) >= 11 is 0. The van der Waals surface area contributed by atoms with Crippen LogP contribution in [0.1, 0.15) is 20.3 Å². The molecule has 1 atom stereocenters. The van der Waals surface area contributed by atoms with Crippen LogP contribution in [0.5, 0.6) is 0 Å². The molecule has 7 heteroatoms. The van der Waals surface area contributed by atoms with Gasteiger partial charge in [0, 0.05) is 13.4 Å². The lowest BCUT2D eigenvalue weighted by Crippen LogP contribution is -2.10. The third-order valence-corrected chi connectivity index (χ3v) is 12.2. The van der Waals surface area contributed by atoms with Crippen LogP contribution in [-0.2, 0) is 0 Å². The maximum atomic E-state index is 6.09. The van der Waals surface area contributed by atoms with Crippen LogP contribution >= 0.6 is 69.5 Å². The molecule has 12 heavy (non-hydrogen) atoms. The van der Waals surface area contributed by atoms with E-state index in [0.29, 0.717) is 12.2 Å². The monoisotopic (exact) mass is 310 g/mol. The fourth-order valence-electron chi connectivity index (χ4n) is 0.778. The zero-order valence-electron chi connectivity index (χ0n) is 6.70.